The van der Waals surface area contributed by atoms with Gasteiger partial charge in [-0.15, -0.1) is 0 Å². The standard InChI is InChI=1S/C8H14N2O/c1-2-3-6-11-8-10-5-4-9-7-10/h4-5,7H,2-3,6,8H2,1H3/p+1. The van der Waals surface area contributed by atoms with Crippen LogP contribution in [0.2, 0.25) is 0 Å². The number of nitrogens with one attached hydrogen (secondary N) is 1. The average molecular weight is 155 g/mol. The van der Waals surface area contributed by atoms with Crippen molar-refractivity contribution in [1.29, 1.82) is 0 Å². The summed E-state index contributed by atoms with van der Waals surface area (Å²) in [5, 5.41) is 0. The molecule has 1 N–H and O–H groups in total. The molecule has 62 valence electrons. The van der Waals surface area contributed by atoms with E-state index in [9.17, 15) is 0 Å². The van der Waals surface area contributed by atoms with Crippen molar-refractivity contribution in [3.63, 3.8) is 0 Å². The Morgan fingerprint density at radius 2 is 2.45 bits per heavy atom. The normalized spacial score (nSPS) is 10.3. The van der Waals surface area contributed by atoms with Gasteiger partial charge in [-0.25, -0.2) is 4.57 Å². The summed E-state index contributed by atoms with van der Waals surface area (Å²) in [4.78, 5) is 2.95. The van der Waals surface area contributed by atoms with Gasteiger partial charge in [0.05, 0.1) is 6.61 Å². The van der Waals surface area contributed by atoms with Gasteiger partial charge >= 0.3 is 0 Å². The largest absolute Gasteiger partial charge is 0.342 e. The summed E-state index contributed by atoms with van der Waals surface area (Å²) in [5.41, 5.74) is 0. The molecule has 0 amide bonds. The van der Waals surface area contributed by atoms with Gasteiger partial charge in [0.15, 0.2) is 6.73 Å². The van der Waals surface area contributed by atoms with Crippen molar-refractivity contribution >= 4 is 0 Å². The molecular formula is C8H15N2O+. The smallest absolute Gasteiger partial charge is 0.243 e. The number of H-pyrrole nitrogens is 1. The van der Waals surface area contributed by atoms with Gasteiger partial charge < -0.3 is 4.74 Å². The highest BCUT2D eigenvalue weighted by Gasteiger charge is 1.93. The number of imidazole rings is 1. The predicted molar refractivity (Wildman–Crippen MR) is 41.8 cm³/mol. The topological polar surface area (TPSA) is 28.9 Å². The highest BCUT2D eigenvalue weighted by molar-refractivity contribution is 4.54. The van der Waals surface area contributed by atoms with E-state index in [1.807, 2.05) is 23.3 Å². The summed E-state index contributed by atoms with van der Waals surface area (Å²) in [6.07, 6.45) is 8.05. The molecule has 11 heavy (non-hydrogen) atoms. The second kappa shape index (κ2) is 4.91. The van der Waals surface area contributed by atoms with Crippen molar-refractivity contribution in [2.45, 2.75) is 26.5 Å². The van der Waals surface area contributed by atoms with Crippen molar-refractivity contribution in [3.8, 4) is 0 Å². The van der Waals surface area contributed by atoms with Crippen LogP contribution >= 0.6 is 0 Å². The maximum Gasteiger partial charge on any atom is 0.243 e. The number of nitrogens with zero attached hydrogens (tertiary/aromatic N) is 1. The summed E-state index contributed by atoms with van der Waals surface area (Å²) in [6.45, 7) is 3.67. The second-order valence-electron chi connectivity index (χ2n) is 2.52. The van der Waals surface area contributed by atoms with Gasteiger partial charge in [0.2, 0.25) is 6.33 Å². The summed E-state index contributed by atoms with van der Waals surface area (Å²) in [7, 11) is 0. The van der Waals surface area contributed by atoms with E-state index in [2.05, 4.69) is 11.9 Å². The number of rotatable bonds is 5. The molecule has 0 radical (unpaired) electrons. The first kappa shape index (κ1) is 8.27. The third-order valence-corrected chi connectivity index (χ3v) is 1.49. The maximum absolute atomic E-state index is 5.36. The van der Waals surface area contributed by atoms with E-state index in [-0.39, 0.29) is 0 Å². The molecule has 0 bridgehead atoms. The lowest BCUT2D eigenvalue weighted by atomic mass is 10.4. The van der Waals surface area contributed by atoms with Crippen molar-refractivity contribution in [3.05, 3.63) is 18.7 Å². The minimum atomic E-state index is 0.656. The van der Waals surface area contributed by atoms with Gasteiger partial charge in [-0.3, -0.25) is 4.98 Å². The van der Waals surface area contributed by atoms with Crippen molar-refractivity contribution in [2.75, 3.05) is 6.61 Å². The summed E-state index contributed by atoms with van der Waals surface area (Å²) in [6, 6.07) is 0. The molecule has 1 heterocycles. The second-order valence-corrected chi connectivity index (χ2v) is 2.52. The molecule has 0 aliphatic heterocycles. The zero-order valence-electron chi connectivity index (χ0n) is 6.92. The van der Waals surface area contributed by atoms with Crippen molar-refractivity contribution < 1.29 is 9.30 Å². The zero-order valence-corrected chi connectivity index (χ0v) is 6.92. The van der Waals surface area contributed by atoms with Crippen LogP contribution in [0.4, 0.5) is 0 Å². The Kier molecular flexibility index (Phi) is 3.69. The molecule has 3 nitrogen and oxygen atoms in total. The van der Waals surface area contributed by atoms with Crippen LogP contribution < -0.4 is 4.57 Å². The van der Waals surface area contributed by atoms with Crippen molar-refractivity contribution in [1.82, 2.24) is 4.98 Å². The van der Waals surface area contributed by atoms with Gasteiger partial charge in [-0.05, 0) is 6.42 Å². The Balaban J connectivity index is 2.04. The maximum atomic E-state index is 5.36. The SMILES string of the molecule is CCCCOC[n+]1cc[nH]c1. The van der Waals surface area contributed by atoms with E-state index in [0.29, 0.717) is 6.73 Å². The van der Waals surface area contributed by atoms with Crippen LogP contribution in [0, 0.1) is 0 Å². The lowest BCUT2D eigenvalue weighted by molar-refractivity contribution is -0.731. The summed E-state index contributed by atoms with van der Waals surface area (Å²) in [5.74, 6) is 0. The highest BCUT2D eigenvalue weighted by Crippen LogP contribution is 1.86. The van der Waals surface area contributed by atoms with Gasteiger partial charge in [0, 0.05) is 0 Å². The molecule has 1 rings (SSSR count). The van der Waals surface area contributed by atoms with Gasteiger partial charge in [0.25, 0.3) is 0 Å². The van der Waals surface area contributed by atoms with Crippen LogP contribution in [0.15, 0.2) is 18.7 Å². The van der Waals surface area contributed by atoms with Crippen LogP contribution in [-0.2, 0) is 11.5 Å². The molecule has 1 aromatic heterocycles. The van der Waals surface area contributed by atoms with Gasteiger partial charge in [-0.1, -0.05) is 13.3 Å². The fraction of sp³-hybridized carbons (Fsp3) is 0.625. The Morgan fingerprint density at radius 3 is 3.09 bits per heavy atom. The molecular weight excluding hydrogens is 140 g/mol. The molecule has 0 aliphatic rings. The fourth-order valence-electron chi connectivity index (χ4n) is 0.817. The van der Waals surface area contributed by atoms with E-state index in [4.69, 9.17) is 4.74 Å². The molecule has 3 heteroatoms. The Hall–Kier alpha value is -0.830. The van der Waals surface area contributed by atoms with E-state index in [0.717, 1.165) is 13.0 Å². The van der Waals surface area contributed by atoms with E-state index in [1.54, 1.807) is 0 Å². The minimum Gasteiger partial charge on any atom is -0.342 e. The highest BCUT2D eigenvalue weighted by atomic mass is 16.5. The van der Waals surface area contributed by atoms with Gasteiger partial charge in [-0.2, -0.15) is 0 Å². The van der Waals surface area contributed by atoms with Crippen LogP contribution in [0.5, 0.6) is 0 Å². The van der Waals surface area contributed by atoms with E-state index >= 15 is 0 Å². The third kappa shape index (κ3) is 3.18. The van der Waals surface area contributed by atoms with Crippen molar-refractivity contribution in [2.24, 2.45) is 0 Å². The first-order chi connectivity index (χ1) is 5.43. The van der Waals surface area contributed by atoms with Crippen LogP contribution in [-0.4, -0.2) is 11.6 Å². The van der Waals surface area contributed by atoms with E-state index < -0.39 is 0 Å². The molecule has 0 aromatic carbocycles. The van der Waals surface area contributed by atoms with Crippen LogP contribution in [0.1, 0.15) is 19.8 Å². The molecule has 0 spiro atoms. The Labute approximate surface area is 67.0 Å². The minimum absolute atomic E-state index is 0.656. The Morgan fingerprint density at radius 1 is 1.55 bits per heavy atom. The molecule has 0 saturated heterocycles. The monoisotopic (exact) mass is 155 g/mol. The van der Waals surface area contributed by atoms with Crippen LogP contribution in [0.3, 0.4) is 0 Å². The first-order valence-electron chi connectivity index (χ1n) is 4.03. The number of hydrogen-bond acceptors (Lipinski definition) is 1. The number of ether oxygens (including phenoxy) is 1. The van der Waals surface area contributed by atoms with E-state index in [1.165, 1.54) is 6.42 Å². The molecule has 0 unspecified atom stereocenters. The lowest BCUT2D eigenvalue weighted by Crippen LogP contribution is -2.32. The Bertz CT molecular complexity index is 172. The quantitative estimate of drug-likeness (QED) is 0.500. The summed E-state index contributed by atoms with van der Waals surface area (Å²) >= 11 is 0. The third-order valence-electron chi connectivity index (χ3n) is 1.49. The zero-order chi connectivity index (χ0) is 7.94. The number of aromatic amines is 1. The lowest BCUT2D eigenvalue weighted by Gasteiger charge is -1.98. The number of hydrogen-bond donors (Lipinski definition) is 1. The molecule has 0 fully saturated rings. The molecule has 1 aromatic rings. The molecule has 0 saturated carbocycles. The average Bonchev–Trinajstić information content (AvgIpc) is 2.50. The predicted octanol–water partition coefficient (Wildman–Crippen LogP) is 1.08. The fourth-order valence-corrected chi connectivity index (χ4v) is 0.817. The molecule has 0 atom stereocenters. The molecule has 0 aliphatic carbocycles. The van der Waals surface area contributed by atoms with Gasteiger partial charge in [0.1, 0.15) is 12.4 Å². The first-order valence-corrected chi connectivity index (χ1v) is 4.03. The number of unbranched alkanes of at least 4 members (excludes halogenated alkanes) is 1. The summed E-state index contributed by atoms with van der Waals surface area (Å²) < 4.78 is 7.33. The number of aromatic nitrogens is 2. The van der Waals surface area contributed by atoms with Crippen LogP contribution in [0.25, 0.3) is 0 Å².